The Labute approximate surface area is 115 Å². The Morgan fingerprint density at radius 3 is 2.71 bits per heavy atom. The van der Waals surface area contributed by atoms with Gasteiger partial charge < -0.3 is 0 Å². The number of benzene rings is 1. The van der Waals surface area contributed by atoms with Crippen LogP contribution in [0, 0.1) is 10.6 Å². The lowest BCUT2D eigenvalue weighted by Crippen LogP contribution is -2.00. The van der Waals surface area contributed by atoms with Crippen LogP contribution < -0.4 is 0 Å². The third kappa shape index (κ3) is 2.87. The van der Waals surface area contributed by atoms with Gasteiger partial charge in [0.25, 0.3) is 0 Å². The molecule has 0 saturated carbocycles. The van der Waals surface area contributed by atoms with E-state index in [1.807, 2.05) is 35.0 Å². The van der Waals surface area contributed by atoms with E-state index in [2.05, 4.69) is 34.9 Å². The van der Waals surface area contributed by atoms with E-state index in [9.17, 15) is 0 Å². The lowest BCUT2D eigenvalue weighted by molar-refractivity contribution is 0.628. The summed E-state index contributed by atoms with van der Waals surface area (Å²) in [7, 11) is 0. The number of aromatic nitrogens is 2. The van der Waals surface area contributed by atoms with Gasteiger partial charge in [0, 0.05) is 10.2 Å². The first kappa shape index (κ1) is 12.6. The second-order valence-electron chi connectivity index (χ2n) is 4.50. The molecule has 1 N–H and O–H groups in total. The van der Waals surface area contributed by atoms with Gasteiger partial charge in [-0.3, -0.25) is 5.10 Å². The average Bonchev–Trinajstić information content (AvgIpc) is 2.59. The Hall–Kier alpha value is -0.870. The Balaban J connectivity index is 2.43. The van der Waals surface area contributed by atoms with Gasteiger partial charge in [0.05, 0.1) is 5.69 Å². The summed E-state index contributed by atoms with van der Waals surface area (Å²) in [6.45, 7) is 4.40. The number of H-pyrrole nitrogens is 1. The molecule has 2 nitrogen and oxygen atoms in total. The second-order valence-corrected chi connectivity index (χ2v) is 5.78. The minimum absolute atomic E-state index is 0.621. The lowest BCUT2D eigenvalue weighted by Gasteiger charge is -2.06. The van der Waals surface area contributed by atoms with Crippen molar-refractivity contribution in [2.24, 2.45) is 5.92 Å². The number of hydrogen-bond acceptors (Lipinski definition) is 1. The summed E-state index contributed by atoms with van der Waals surface area (Å²) < 4.78 is 3.79. The summed E-state index contributed by atoms with van der Waals surface area (Å²) in [6.07, 6.45) is 1.01. The topological polar surface area (TPSA) is 20.7 Å². The predicted octanol–water partition coefficient (Wildman–Crippen LogP) is 4.50. The molecular weight excluding hydrogens is 296 g/mol. The summed E-state index contributed by atoms with van der Waals surface area (Å²) in [4.78, 5) is 0. The molecule has 0 aliphatic rings. The normalized spacial score (nSPS) is 11.1. The van der Waals surface area contributed by atoms with E-state index in [1.54, 1.807) is 0 Å². The summed E-state index contributed by atoms with van der Waals surface area (Å²) >= 11 is 8.92. The molecule has 0 aliphatic carbocycles. The number of rotatable bonds is 3. The number of halogens is 1. The van der Waals surface area contributed by atoms with E-state index < -0.39 is 0 Å². The average molecular weight is 311 g/mol. The van der Waals surface area contributed by atoms with Crippen molar-refractivity contribution in [2.75, 3.05) is 0 Å². The van der Waals surface area contributed by atoms with E-state index in [1.165, 1.54) is 5.69 Å². The summed E-state index contributed by atoms with van der Waals surface area (Å²) in [5, 5.41) is 3.35. The molecule has 0 atom stereocenters. The molecule has 1 aromatic heterocycles. The molecule has 4 heteroatoms. The van der Waals surface area contributed by atoms with E-state index in [4.69, 9.17) is 12.2 Å². The molecule has 0 spiro atoms. The number of nitrogens with zero attached hydrogens (tertiary/aromatic N) is 1. The van der Waals surface area contributed by atoms with E-state index >= 15 is 0 Å². The van der Waals surface area contributed by atoms with Gasteiger partial charge in [0.2, 0.25) is 0 Å². The monoisotopic (exact) mass is 310 g/mol. The Morgan fingerprint density at radius 1 is 1.35 bits per heavy atom. The van der Waals surface area contributed by atoms with Crippen molar-refractivity contribution in [3.8, 4) is 5.69 Å². The first-order valence-electron chi connectivity index (χ1n) is 5.64. The zero-order valence-corrected chi connectivity index (χ0v) is 12.3. The molecule has 0 saturated heterocycles. The summed E-state index contributed by atoms with van der Waals surface area (Å²) in [5.74, 6) is 0.621. The minimum atomic E-state index is 0.621. The van der Waals surface area contributed by atoms with Crippen molar-refractivity contribution in [3.05, 3.63) is 45.1 Å². The van der Waals surface area contributed by atoms with Gasteiger partial charge in [0.15, 0.2) is 0 Å². The van der Waals surface area contributed by atoms with Gasteiger partial charge in [-0.1, -0.05) is 38.2 Å². The maximum Gasteiger partial charge on any atom is 0.128 e. The second kappa shape index (κ2) is 5.19. The molecule has 0 fully saturated rings. The predicted molar refractivity (Wildman–Crippen MR) is 77.2 cm³/mol. The van der Waals surface area contributed by atoms with Gasteiger partial charge in [-0.05, 0) is 46.5 Å². The minimum Gasteiger partial charge on any atom is -0.297 e. The third-order valence-electron chi connectivity index (χ3n) is 2.50. The zero-order valence-electron chi connectivity index (χ0n) is 9.90. The molecule has 90 valence electrons. The van der Waals surface area contributed by atoms with E-state index in [0.29, 0.717) is 5.92 Å². The zero-order chi connectivity index (χ0) is 12.4. The fourth-order valence-electron chi connectivity index (χ4n) is 1.80. The molecule has 2 rings (SSSR count). The Kier molecular flexibility index (Phi) is 3.84. The molecule has 0 unspecified atom stereocenters. The number of para-hydroxylation sites is 1. The van der Waals surface area contributed by atoms with Crippen molar-refractivity contribution in [1.82, 2.24) is 9.78 Å². The fraction of sp³-hybridized carbons (Fsp3) is 0.308. The van der Waals surface area contributed by atoms with Gasteiger partial charge in [-0.25, -0.2) is 4.68 Å². The highest BCUT2D eigenvalue weighted by Crippen LogP contribution is 2.21. The van der Waals surface area contributed by atoms with Crippen LogP contribution in [0.3, 0.4) is 0 Å². The van der Waals surface area contributed by atoms with Gasteiger partial charge in [-0.2, -0.15) is 0 Å². The standard InChI is InChI=1S/C13H15BrN2S/c1-9(2)7-10-8-13(17)16(15-10)12-6-4-3-5-11(12)14/h3-6,8-9,15H,7H2,1-2H3. The van der Waals surface area contributed by atoms with Crippen LogP contribution in [0.4, 0.5) is 0 Å². The van der Waals surface area contributed by atoms with Gasteiger partial charge in [0.1, 0.15) is 4.64 Å². The maximum absolute atomic E-state index is 5.38. The highest BCUT2D eigenvalue weighted by Gasteiger charge is 2.06. The first-order chi connectivity index (χ1) is 8.08. The summed E-state index contributed by atoms with van der Waals surface area (Å²) in [6, 6.07) is 10.1. The summed E-state index contributed by atoms with van der Waals surface area (Å²) in [5.41, 5.74) is 2.23. The molecule has 0 bridgehead atoms. The van der Waals surface area contributed by atoms with Crippen molar-refractivity contribution in [3.63, 3.8) is 0 Å². The lowest BCUT2D eigenvalue weighted by atomic mass is 10.1. The number of hydrogen-bond donors (Lipinski definition) is 1. The molecular formula is C13H15BrN2S. The van der Waals surface area contributed by atoms with Crippen LogP contribution in [0.1, 0.15) is 19.5 Å². The molecule has 1 heterocycles. The van der Waals surface area contributed by atoms with Crippen LogP contribution in [-0.2, 0) is 6.42 Å². The molecule has 0 amide bonds. The van der Waals surface area contributed by atoms with Crippen LogP contribution in [0.15, 0.2) is 34.8 Å². The van der Waals surface area contributed by atoms with Crippen molar-refractivity contribution in [2.45, 2.75) is 20.3 Å². The quantitative estimate of drug-likeness (QED) is 0.828. The molecule has 0 radical (unpaired) electrons. The highest BCUT2D eigenvalue weighted by atomic mass is 79.9. The van der Waals surface area contributed by atoms with Crippen LogP contribution in [0.25, 0.3) is 5.69 Å². The van der Waals surface area contributed by atoms with Gasteiger partial charge >= 0.3 is 0 Å². The van der Waals surface area contributed by atoms with E-state index in [-0.39, 0.29) is 0 Å². The number of aromatic amines is 1. The van der Waals surface area contributed by atoms with Crippen LogP contribution in [0.5, 0.6) is 0 Å². The van der Waals surface area contributed by atoms with Crippen LogP contribution >= 0.6 is 28.1 Å². The fourth-order valence-corrected chi connectivity index (χ4v) is 2.55. The van der Waals surface area contributed by atoms with E-state index in [0.717, 1.165) is 21.2 Å². The number of nitrogens with one attached hydrogen (secondary N) is 1. The smallest absolute Gasteiger partial charge is 0.128 e. The van der Waals surface area contributed by atoms with Gasteiger partial charge in [-0.15, -0.1) is 0 Å². The Morgan fingerprint density at radius 2 is 2.06 bits per heavy atom. The molecule has 17 heavy (non-hydrogen) atoms. The molecule has 2 aromatic rings. The van der Waals surface area contributed by atoms with Crippen molar-refractivity contribution < 1.29 is 0 Å². The maximum atomic E-state index is 5.38. The van der Waals surface area contributed by atoms with Crippen LogP contribution in [-0.4, -0.2) is 9.78 Å². The molecule has 0 aliphatic heterocycles. The largest absolute Gasteiger partial charge is 0.297 e. The van der Waals surface area contributed by atoms with Crippen LogP contribution in [0.2, 0.25) is 0 Å². The SMILES string of the molecule is CC(C)Cc1cc(=S)n(-c2ccccc2Br)[nH]1. The first-order valence-corrected chi connectivity index (χ1v) is 6.84. The third-order valence-corrected chi connectivity index (χ3v) is 3.47. The van der Waals surface area contributed by atoms with Crippen molar-refractivity contribution in [1.29, 1.82) is 0 Å². The highest BCUT2D eigenvalue weighted by molar-refractivity contribution is 9.10. The Bertz CT molecular complexity index is 569. The van der Waals surface area contributed by atoms with Crippen molar-refractivity contribution >= 4 is 28.1 Å². The molecule has 1 aromatic carbocycles.